The van der Waals surface area contributed by atoms with Gasteiger partial charge in [0.2, 0.25) is 5.91 Å². The molecule has 1 saturated heterocycles. The molecule has 4 rings (SSSR count). The molecular formula is C27H29F3N6O. The number of hydrogen-bond acceptors (Lipinski definition) is 6. The van der Waals surface area contributed by atoms with Gasteiger partial charge >= 0.3 is 6.18 Å². The van der Waals surface area contributed by atoms with Crippen LogP contribution in [0.4, 0.5) is 24.7 Å². The fourth-order valence-electron chi connectivity index (χ4n) is 5.11. The van der Waals surface area contributed by atoms with Gasteiger partial charge in [-0.2, -0.15) is 23.7 Å². The zero-order chi connectivity index (χ0) is 26.4. The summed E-state index contributed by atoms with van der Waals surface area (Å²) in [6, 6.07) is 11.1. The summed E-state index contributed by atoms with van der Waals surface area (Å²) in [6.07, 6.45) is 1.81. The Balaban J connectivity index is 1.19. The Bertz CT molecular complexity index is 1170. The first-order chi connectivity index (χ1) is 17.8. The Morgan fingerprint density at radius 3 is 2.35 bits per heavy atom. The van der Waals surface area contributed by atoms with E-state index in [1.807, 2.05) is 11.0 Å². The maximum Gasteiger partial charge on any atom is 0.417 e. The van der Waals surface area contributed by atoms with Gasteiger partial charge in [0.05, 0.1) is 22.8 Å². The van der Waals surface area contributed by atoms with Crippen LogP contribution in [-0.4, -0.2) is 48.0 Å². The summed E-state index contributed by atoms with van der Waals surface area (Å²) < 4.78 is 39.7. The van der Waals surface area contributed by atoms with Crippen molar-refractivity contribution in [1.29, 1.82) is 10.5 Å². The SMILES string of the molecule is N#Cc1ccc(N2CCN(C(=O)CCC3CCC(Nc4ccc(C#N)c(C(F)(F)F)c4)CC3)CC2)nc1. The molecule has 10 heteroatoms. The molecule has 1 aliphatic heterocycles. The maximum absolute atomic E-state index is 13.2. The lowest BCUT2D eigenvalue weighted by atomic mass is 9.83. The van der Waals surface area contributed by atoms with Crippen LogP contribution in [0.1, 0.15) is 55.2 Å². The molecular weight excluding hydrogens is 481 g/mol. The quantitative estimate of drug-likeness (QED) is 0.591. The Labute approximate surface area is 214 Å². The predicted octanol–water partition coefficient (Wildman–Crippen LogP) is 4.94. The fourth-order valence-corrected chi connectivity index (χ4v) is 5.11. The number of amides is 1. The van der Waals surface area contributed by atoms with Crippen LogP contribution in [0.25, 0.3) is 0 Å². The largest absolute Gasteiger partial charge is 0.417 e. The van der Waals surface area contributed by atoms with E-state index in [-0.39, 0.29) is 17.5 Å². The number of hydrogen-bond donors (Lipinski definition) is 1. The molecule has 0 atom stereocenters. The third-order valence-electron chi connectivity index (χ3n) is 7.26. The van der Waals surface area contributed by atoms with Gasteiger partial charge in [-0.1, -0.05) is 0 Å². The standard InChI is InChI=1S/C27H29F3N6O/c28-27(29,30)24-15-23(8-5-21(24)17-32)34-22-6-1-19(2-7-22)4-10-26(37)36-13-11-35(12-14-36)25-9-3-20(16-31)18-33-25/h3,5,8-9,15,18-19,22,34H,1-2,4,6-7,10-14H2. The molecule has 0 radical (unpaired) electrons. The number of halogens is 3. The lowest BCUT2D eigenvalue weighted by Crippen LogP contribution is -2.49. The van der Waals surface area contributed by atoms with Gasteiger partial charge in [-0.25, -0.2) is 4.98 Å². The van der Waals surface area contributed by atoms with Gasteiger partial charge < -0.3 is 15.1 Å². The second-order valence-corrected chi connectivity index (χ2v) is 9.66. The summed E-state index contributed by atoms with van der Waals surface area (Å²) >= 11 is 0. The monoisotopic (exact) mass is 510 g/mol. The molecule has 1 N–H and O–H groups in total. The van der Waals surface area contributed by atoms with Crippen LogP contribution in [-0.2, 0) is 11.0 Å². The molecule has 1 saturated carbocycles. The van der Waals surface area contributed by atoms with E-state index in [9.17, 15) is 18.0 Å². The van der Waals surface area contributed by atoms with Crippen LogP contribution < -0.4 is 10.2 Å². The first kappa shape index (κ1) is 26.3. The minimum Gasteiger partial charge on any atom is -0.382 e. The van der Waals surface area contributed by atoms with Gasteiger partial charge in [-0.05, 0) is 68.4 Å². The van der Waals surface area contributed by atoms with E-state index in [0.717, 1.165) is 44.0 Å². The number of pyridine rings is 1. The van der Waals surface area contributed by atoms with E-state index < -0.39 is 11.7 Å². The normalized spacial score (nSPS) is 20.1. The molecule has 2 fully saturated rings. The highest BCUT2D eigenvalue weighted by atomic mass is 19.4. The van der Waals surface area contributed by atoms with Crippen molar-refractivity contribution in [2.75, 3.05) is 36.4 Å². The van der Waals surface area contributed by atoms with E-state index in [2.05, 4.69) is 21.3 Å². The number of nitrogens with one attached hydrogen (secondary N) is 1. The van der Waals surface area contributed by atoms with E-state index in [1.54, 1.807) is 18.3 Å². The molecule has 2 aliphatic rings. The number of anilines is 2. The average Bonchev–Trinajstić information content (AvgIpc) is 2.92. The third kappa shape index (κ3) is 6.71. The molecule has 1 amide bonds. The highest BCUT2D eigenvalue weighted by Crippen LogP contribution is 2.35. The number of alkyl halides is 3. The molecule has 1 aliphatic carbocycles. The van der Waals surface area contributed by atoms with Crippen LogP contribution in [0.2, 0.25) is 0 Å². The molecule has 7 nitrogen and oxygen atoms in total. The number of carbonyl (C=O) groups is 1. The number of nitriles is 2. The number of carbonyl (C=O) groups excluding carboxylic acids is 1. The number of benzene rings is 1. The zero-order valence-electron chi connectivity index (χ0n) is 20.5. The summed E-state index contributed by atoms with van der Waals surface area (Å²) in [5.74, 6) is 1.40. The minimum absolute atomic E-state index is 0.0740. The van der Waals surface area contributed by atoms with Crippen LogP contribution in [0.5, 0.6) is 0 Å². The smallest absolute Gasteiger partial charge is 0.382 e. The molecule has 2 heterocycles. The van der Waals surface area contributed by atoms with Gasteiger partial charge in [0.25, 0.3) is 0 Å². The van der Waals surface area contributed by atoms with Crippen molar-refractivity contribution >= 4 is 17.4 Å². The summed E-state index contributed by atoms with van der Waals surface area (Å²) in [6.45, 7) is 2.68. The molecule has 2 aromatic rings. The van der Waals surface area contributed by atoms with Crippen molar-refractivity contribution in [3.8, 4) is 12.1 Å². The highest BCUT2D eigenvalue weighted by Gasteiger charge is 2.34. The van der Waals surface area contributed by atoms with E-state index >= 15 is 0 Å². The first-order valence-electron chi connectivity index (χ1n) is 12.5. The number of nitrogens with zero attached hydrogens (tertiary/aromatic N) is 5. The van der Waals surface area contributed by atoms with Crippen molar-refractivity contribution < 1.29 is 18.0 Å². The van der Waals surface area contributed by atoms with E-state index in [0.29, 0.717) is 49.8 Å². The minimum atomic E-state index is -4.57. The molecule has 1 aromatic carbocycles. The molecule has 37 heavy (non-hydrogen) atoms. The van der Waals surface area contributed by atoms with Crippen molar-refractivity contribution in [2.45, 2.75) is 50.7 Å². The molecule has 1 aromatic heterocycles. The Morgan fingerprint density at radius 1 is 1.03 bits per heavy atom. The Kier molecular flexibility index (Phi) is 8.17. The number of aromatic nitrogens is 1. The van der Waals surface area contributed by atoms with E-state index in [1.165, 1.54) is 12.1 Å². The van der Waals surface area contributed by atoms with E-state index in [4.69, 9.17) is 10.5 Å². The summed E-state index contributed by atoms with van der Waals surface area (Å²) in [7, 11) is 0. The molecule has 0 spiro atoms. The summed E-state index contributed by atoms with van der Waals surface area (Å²) in [5.41, 5.74) is -0.396. The highest BCUT2D eigenvalue weighted by molar-refractivity contribution is 5.76. The van der Waals surface area contributed by atoms with Crippen molar-refractivity contribution in [3.63, 3.8) is 0 Å². The van der Waals surface area contributed by atoms with Crippen molar-refractivity contribution in [2.24, 2.45) is 5.92 Å². The van der Waals surface area contributed by atoms with Crippen LogP contribution in [0.3, 0.4) is 0 Å². The topological polar surface area (TPSA) is 96.0 Å². The lowest BCUT2D eigenvalue weighted by Gasteiger charge is -2.36. The number of rotatable bonds is 6. The predicted molar refractivity (Wildman–Crippen MR) is 133 cm³/mol. The number of piperazine rings is 1. The molecule has 0 unspecified atom stereocenters. The molecule has 194 valence electrons. The van der Waals surface area contributed by atoms with Crippen LogP contribution >= 0.6 is 0 Å². The maximum atomic E-state index is 13.2. The Morgan fingerprint density at radius 2 is 1.76 bits per heavy atom. The molecule has 0 bridgehead atoms. The van der Waals surface area contributed by atoms with Gasteiger partial charge in [0.15, 0.2) is 0 Å². The third-order valence-corrected chi connectivity index (χ3v) is 7.26. The van der Waals surface area contributed by atoms with Gasteiger partial charge in [0.1, 0.15) is 11.9 Å². The van der Waals surface area contributed by atoms with Crippen LogP contribution in [0.15, 0.2) is 36.5 Å². The van der Waals surface area contributed by atoms with Gasteiger partial charge in [0, 0.05) is 50.5 Å². The van der Waals surface area contributed by atoms with Gasteiger partial charge in [-0.15, -0.1) is 0 Å². The zero-order valence-corrected chi connectivity index (χ0v) is 20.5. The average molecular weight is 511 g/mol. The van der Waals surface area contributed by atoms with Crippen molar-refractivity contribution in [1.82, 2.24) is 9.88 Å². The van der Waals surface area contributed by atoms with Gasteiger partial charge in [-0.3, -0.25) is 4.79 Å². The van der Waals surface area contributed by atoms with Crippen molar-refractivity contribution in [3.05, 3.63) is 53.2 Å². The first-order valence-corrected chi connectivity index (χ1v) is 12.5. The fraction of sp³-hybridized carbons (Fsp3) is 0.481. The second kappa shape index (κ2) is 11.5. The summed E-state index contributed by atoms with van der Waals surface area (Å²) in [4.78, 5) is 21.1. The summed E-state index contributed by atoms with van der Waals surface area (Å²) in [5, 5.41) is 21.1. The second-order valence-electron chi connectivity index (χ2n) is 9.66. The van der Waals surface area contributed by atoms with Crippen LogP contribution in [0, 0.1) is 28.6 Å². The lowest BCUT2D eigenvalue weighted by molar-refractivity contribution is -0.137. The Hall–Kier alpha value is -3.79.